The van der Waals surface area contributed by atoms with E-state index in [-0.39, 0.29) is 0 Å². The van der Waals surface area contributed by atoms with Gasteiger partial charge in [-0.2, -0.15) is 0 Å². The third kappa shape index (κ3) is 3.86. The summed E-state index contributed by atoms with van der Waals surface area (Å²) in [5.74, 6) is 3.32. The smallest absolute Gasteiger partial charge is 0.129 e. The minimum Gasteiger partial charge on any atom is -0.462 e. The fraction of sp³-hybridized carbons (Fsp3) is 0.714. The maximum absolute atomic E-state index is 5.73. The van der Waals surface area contributed by atoms with Gasteiger partial charge in [-0.3, -0.25) is 0 Å². The van der Waals surface area contributed by atoms with Crippen LogP contribution < -0.4 is 5.73 Å². The van der Waals surface area contributed by atoms with Gasteiger partial charge in [-0.1, -0.05) is 19.8 Å². The monoisotopic (exact) mass is 237 g/mol. The molecule has 0 radical (unpaired) electrons. The first kappa shape index (κ1) is 12.7. The average molecular weight is 237 g/mol. The first-order chi connectivity index (χ1) is 8.28. The van der Waals surface area contributed by atoms with Gasteiger partial charge in [-0.15, -0.1) is 0 Å². The zero-order chi connectivity index (χ0) is 12.1. The van der Waals surface area contributed by atoms with Gasteiger partial charge in [-0.25, -0.2) is 0 Å². The molecule has 2 unspecified atom stereocenters. The number of furan rings is 1. The minimum absolute atomic E-state index is 0.458. The van der Waals surface area contributed by atoms with E-state index in [1.165, 1.54) is 25.7 Å². The summed E-state index contributed by atoms with van der Waals surface area (Å²) in [6, 6.07) is 3.87. The zero-order valence-corrected chi connectivity index (χ0v) is 10.7. The molecule has 0 saturated heterocycles. The SMILES string of the molecule is CC1CCCC(COCc2ccc(CN)o2)C1. The van der Waals surface area contributed by atoms with E-state index in [2.05, 4.69) is 6.92 Å². The van der Waals surface area contributed by atoms with Crippen molar-refractivity contribution >= 4 is 0 Å². The molecule has 1 aliphatic carbocycles. The highest BCUT2D eigenvalue weighted by Gasteiger charge is 2.18. The summed E-state index contributed by atoms with van der Waals surface area (Å²) < 4.78 is 11.2. The van der Waals surface area contributed by atoms with Gasteiger partial charge < -0.3 is 14.9 Å². The van der Waals surface area contributed by atoms with Crippen LogP contribution in [0.3, 0.4) is 0 Å². The predicted molar refractivity (Wildman–Crippen MR) is 67.4 cm³/mol. The lowest BCUT2D eigenvalue weighted by molar-refractivity contribution is 0.0560. The van der Waals surface area contributed by atoms with E-state index in [0.717, 1.165) is 30.0 Å². The lowest BCUT2D eigenvalue weighted by Gasteiger charge is -2.26. The molecule has 96 valence electrons. The standard InChI is InChI=1S/C14H23NO2/c1-11-3-2-4-12(7-11)9-16-10-14-6-5-13(8-15)17-14/h5-6,11-12H,2-4,7-10,15H2,1H3. The molecular weight excluding hydrogens is 214 g/mol. The molecule has 3 heteroatoms. The number of nitrogens with two attached hydrogens (primary N) is 1. The maximum Gasteiger partial charge on any atom is 0.129 e. The Bertz CT molecular complexity index is 335. The lowest BCUT2D eigenvalue weighted by Crippen LogP contribution is -2.18. The molecule has 0 aromatic carbocycles. The second-order valence-electron chi connectivity index (χ2n) is 5.23. The summed E-state index contributed by atoms with van der Waals surface area (Å²) >= 11 is 0. The normalized spacial score (nSPS) is 25.1. The van der Waals surface area contributed by atoms with Gasteiger partial charge in [0.2, 0.25) is 0 Å². The van der Waals surface area contributed by atoms with Gasteiger partial charge in [0.15, 0.2) is 0 Å². The van der Waals surface area contributed by atoms with E-state index in [9.17, 15) is 0 Å². The van der Waals surface area contributed by atoms with Gasteiger partial charge in [0.25, 0.3) is 0 Å². The van der Waals surface area contributed by atoms with Crippen LogP contribution in [0.25, 0.3) is 0 Å². The van der Waals surface area contributed by atoms with E-state index in [4.69, 9.17) is 14.9 Å². The first-order valence-corrected chi connectivity index (χ1v) is 6.63. The third-order valence-electron chi connectivity index (χ3n) is 3.56. The van der Waals surface area contributed by atoms with Crippen molar-refractivity contribution in [2.45, 2.75) is 45.8 Å². The van der Waals surface area contributed by atoms with Crippen LogP contribution in [0.5, 0.6) is 0 Å². The van der Waals surface area contributed by atoms with Crippen LogP contribution >= 0.6 is 0 Å². The summed E-state index contributed by atoms with van der Waals surface area (Å²) in [4.78, 5) is 0. The molecule has 1 aliphatic rings. The summed E-state index contributed by atoms with van der Waals surface area (Å²) in [6.45, 7) is 4.24. The Balaban J connectivity index is 1.68. The number of hydrogen-bond donors (Lipinski definition) is 1. The molecule has 1 aromatic heterocycles. The van der Waals surface area contributed by atoms with Gasteiger partial charge in [0.05, 0.1) is 13.2 Å². The Kier molecular flexibility index (Phi) is 4.63. The second kappa shape index (κ2) is 6.22. The van der Waals surface area contributed by atoms with Crippen molar-refractivity contribution in [1.29, 1.82) is 0 Å². The average Bonchev–Trinajstić information content (AvgIpc) is 2.77. The number of ether oxygens (including phenoxy) is 1. The molecule has 0 aliphatic heterocycles. The molecule has 1 fully saturated rings. The summed E-state index contributed by atoms with van der Waals surface area (Å²) in [6.07, 6.45) is 5.37. The van der Waals surface area contributed by atoms with Crippen molar-refractivity contribution in [3.05, 3.63) is 23.7 Å². The molecule has 2 rings (SSSR count). The Morgan fingerprint density at radius 1 is 1.35 bits per heavy atom. The summed E-state index contributed by atoms with van der Waals surface area (Å²) in [5, 5.41) is 0. The van der Waals surface area contributed by atoms with Gasteiger partial charge in [0, 0.05) is 0 Å². The molecule has 1 saturated carbocycles. The highest BCUT2D eigenvalue weighted by Crippen LogP contribution is 2.28. The highest BCUT2D eigenvalue weighted by molar-refractivity contribution is 5.05. The van der Waals surface area contributed by atoms with Crippen LogP contribution in [-0.4, -0.2) is 6.61 Å². The van der Waals surface area contributed by atoms with Crippen molar-refractivity contribution in [2.75, 3.05) is 6.61 Å². The Morgan fingerprint density at radius 2 is 2.18 bits per heavy atom. The number of rotatable bonds is 5. The van der Waals surface area contributed by atoms with E-state index in [0.29, 0.717) is 13.2 Å². The fourth-order valence-corrected chi connectivity index (χ4v) is 2.65. The van der Waals surface area contributed by atoms with E-state index in [1.807, 2.05) is 12.1 Å². The van der Waals surface area contributed by atoms with Crippen molar-refractivity contribution in [1.82, 2.24) is 0 Å². The fourth-order valence-electron chi connectivity index (χ4n) is 2.65. The molecule has 3 nitrogen and oxygen atoms in total. The Labute approximate surface area is 103 Å². The molecular formula is C14H23NO2. The first-order valence-electron chi connectivity index (χ1n) is 6.63. The molecule has 0 spiro atoms. The quantitative estimate of drug-likeness (QED) is 0.856. The minimum atomic E-state index is 0.458. The van der Waals surface area contributed by atoms with Crippen molar-refractivity contribution in [2.24, 2.45) is 17.6 Å². The van der Waals surface area contributed by atoms with Crippen LogP contribution in [0, 0.1) is 11.8 Å². The van der Waals surface area contributed by atoms with Crippen LogP contribution in [-0.2, 0) is 17.9 Å². The van der Waals surface area contributed by atoms with Gasteiger partial charge in [0.1, 0.15) is 18.1 Å². The molecule has 2 atom stereocenters. The lowest BCUT2D eigenvalue weighted by atomic mass is 9.83. The topological polar surface area (TPSA) is 48.4 Å². The van der Waals surface area contributed by atoms with Gasteiger partial charge in [-0.05, 0) is 36.8 Å². The maximum atomic E-state index is 5.73. The Hall–Kier alpha value is -0.800. The predicted octanol–water partition coefficient (Wildman–Crippen LogP) is 3.08. The van der Waals surface area contributed by atoms with Crippen LogP contribution in [0.2, 0.25) is 0 Å². The molecule has 1 aromatic rings. The molecule has 0 bridgehead atoms. The highest BCUT2D eigenvalue weighted by atomic mass is 16.5. The number of hydrogen-bond acceptors (Lipinski definition) is 3. The summed E-state index contributed by atoms with van der Waals surface area (Å²) in [7, 11) is 0. The third-order valence-corrected chi connectivity index (χ3v) is 3.56. The van der Waals surface area contributed by atoms with Crippen LogP contribution in [0.1, 0.15) is 44.1 Å². The molecule has 1 heterocycles. The van der Waals surface area contributed by atoms with Crippen molar-refractivity contribution in [3.63, 3.8) is 0 Å². The zero-order valence-electron chi connectivity index (χ0n) is 10.7. The summed E-state index contributed by atoms with van der Waals surface area (Å²) in [5.41, 5.74) is 5.49. The van der Waals surface area contributed by atoms with Gasteiger partial charge >= 0.3 is 0 Å². The Morgan fingerprint density at radius 3 is 2.88 bits per heavy atom. The van der Waals surface area contributed by atoms with Crippen molar-refractivity contribution < 1.29 is 9.15 Å². The van der Waals surface area contributed by atoms with E-state index < -0.39 is 0 Å². The molecule has 2 N–H and O–H groups in total. The van der Waals surface area contributed by atoms with Crippen LogP contribution in [0.4, 0.5) is 0 Å². The second-order valence-corrected chi connectivity index (χ2v) is 5.23. The largest absolute Gasteiger partial charge is 0.462 e. The van der Waals surface area contributed by atoms with Crippen LogP contribution in [0.15, 0.2) is 16.5 Å². The van der Waals surface area contributed by atoms with E-state index >= 15 is 0 Å². The molecule has 0 amide bonds. The van der Waals surface area contributed by atoms with Crippen molar-refractivity contribution in [3.8, 4) is 0 Å². The van der Waals surface area contributed by atoms with E-state index in [1.54, 1.807) is 0 Å². The molecule has 17 heavy (non-hydrogen) atoms.